The lowest BCUT2D eigenvalue weighted by atomic mass is 10.3. The van der Waals surface area contributed by atoms with E-state index in [1.165, 1.54) is 11.8 Å². The second-order valence-electron chi connectivity index (χ2n) is 8.44. The first-order valence-electron chi connectivity index (χ1n) is 12.0. The van der Waals surface area contributed by atoms with E-state index in [9.17, 15) is 9.59 Å². The van der Waals surface area contributed by atoms with E-state index in [0.29, 0.717) is 16.6 Å². The molecule has 0 fully saturated rings. The van der Waals surface area contributed by atoms with Crippen molar-refractivity contribution in [3.63, 3.8) is 0 Å². The zero-order valence-corrected chi connectivity index (χ0v) is 22.6. The fourth-order valence-corrected chi connectivity index (χ4v) is 5.61. The molecule has 1 N–H and O–H groups in total. The Morgan fingerprint density at radius 3 is 2.11 bits per heavy atom. The van der Waals surface area contributed by atoms with Crippen LogP contribution in [-0.2, 0) is 17.6 Å². The van der Waals surface area contributed by atoms with E-state index in [4.69, 9.17) is 0 Å². The fourth-order valence-electron chi connectivity index (χ4n) is 4.01. The molecule has 38 heavy (non-hydrogen) atoms. The van der Waals surface area contributed by atoms with Gasteiger partial charge in [0.2, 0.25) is 5.91 Å². The largest absolute Gasteiger partial charge is 0.319 e. The van der Waals surface area contributed by atoms with Gasteiger partial charge in [0.25, 0.3) is 5.56 Å². The Labute approximate surface area is 228 Å². The molecule has 0 unspecified atom stereocenters. The molecule has 8 nitrogen and oxygen atoms in total. The van der Waals surface area contributed by atoms with Crippen LogP contribution in [0.1, 0.15) is 11.5 Å². The number of carbonyl (C=O) groups is 1. The quantitative estimate of drug-likeness (QED) is 0.261. The van der Waals surface area contributed by atoms with Crippen molar-refractivity contribution in [3.8, 4) is 11.4 Å². The van der Waals surface area contributed by atoms with E-state index < -0.39 is 0 Å². The maximum Gasteiger partial charge on any atom is 0.295 e. The van der Waals surface area contributed by atoms with Crippen LogP contribution < -0.4 is 10.9 Å². The number of carbonyl (C=O) groups excluding carboxylic acids is 1. The number of anilines is 1. The van der Waals surface area contributed by atoms with Crippen LogP contribution in [0, 0.1) is 6.92 Å². The molecule has 10 heteroatoms. The molecular formula is C28H26N6O2S2. The predicted octanol–water partition coefficient (Wildman–Crippen LogP) is 5.09. The standard InChI is InChI=1S/C28H26N6O2S2/c1-20-26(27(36)34(32(20)2)22-14-8-4-9-15-22)29-25(35)19-38-28-31-30-24(18-37-23-16-10-5-11-17-23)33(28)21-12-6-3-7-13-21/h3-17H,18-19H2,1-2H3,(H,29,35). The number of nitrogens with zero attached hydrogens (tertiary/aromatic N) is 5. The van der Waals surface area contributed by atoms with Crippen LogP contribution in [0.5, 0.6) is 0 Å². The lowest BCUT2D eigenvalue weighted by Crippen LogP contribution is -2.23. The highest BCUT2D eigenvalue weighted by Crippen LogP contribution is 2.27. The number of benzene rings is 3. The summed E-state index contributed by atoms with van der Waals surface area (Å²) in [5.41, 5.74) is 2.32. The van der Waals surface area contributed by atoms with Crippen molar-refractivity contribution in [2.45, 2.75) is 22.7 Å². The van der Waals surface area contributed by atoms with Crippen LogP contribution in [0.15, 0.2) is 106 Å². The van der Waals surface area contributed by atoms with Gasteiger partial charge in [-0.15, -0.1) is 22.0 Å². The molecule has 1 amide bonds. The minimum absolute atomic E-state index is 0.0793. The highest BCUT2D eigenvalue weighted by atomic mass is 32.2. The highest BCUT2D eigenvalue weighted by molar-refractivity contribution is 7.99. The van der Waals surface area contributed by atoms with Crippen LogP contribution in [0.3, 0.4) is 0 Å². The number of aromatic nitrogens is 5. The number of hydrogen-bond acceptors (Lipinski definition) is 6. The fraction of sp³-hybridized carbons (Fsp3) is 0.143. The van der Waals surface area contributed by atoms with Crippen molar-refractivity contribution in [2.24, 2.45) is 7.05 Å². The SMILES string of the molecule is Cc1c(NC(=O)CSc2nnc(CSc3ccccc3)n2-c2ccccc2)c(=O)n(-c2ccccc2)n1C. The Hall–Kier alpha value is -4.02. The third-order valence-corrected chi connectivity index (χ3v) is 7.91. The van der Waals surface area contributed by atoms with Crippen molar-refractivity contribution in [2.75, 3.05) is 11.1 Å². The van der Waals surface area contributed by atoms with E-state index in [-0.39, 0.29) is 22.9 Å². The first-order chi connectivity index (χ1) is 18.5. The van der Waals surface area contributed by atoms with Gasteiger partial charge in [-0.25, -0.2) is 4.68 Å². The summed E-state index contributed by atoms with van der Waals surface area (Å²) in [6.07, 6.45) is 0. The van der Waals surface area contributed by atoms with Gasteiger partial charge in [-0.3, -0.25) is 18.8 Å². The van der Waals surface area contributed by atoms with Crippen molar-refractivity contribution in [1.82, 2.24) is 24.1 Å². The van der Waals surface area contributed by atoms with Crippen molar-refractivity contribution in [1.29, 1.82) is 0 Å². The van der Waals surface area contributed by atoms with E-state index >= 15 is 0 Å². The molecule has 0 saturated heterocycles. The molecule has 0 aliphatic carbocycles. The lowest BCUT2D eigenvalue weighted by molar-refractivity contribution is -0.113. The average molecular weight is 543 g/mol. The minimum atomic E-state index is -0.288. The summed E-state index contributed by atoms with van der Waals surface area (Å²) in [6.45, 7) is 1.81. The maximum atomic E-state index is 13.1. The summed E-state index contributed by atoms with van der Waals surface area (Å²) in [7, 11) is 1.80. The van der Waals surface area contributed by atoms with Gasteiger partial charge in [0.1, 0.15) is 11.5 Å². The highest BCUT2D eigenvalue weighted by Gasteiger charge is 2.20. The zero-order valence-electron chi connectivity index (χ0n) is 20.9. The van der Waals surface area contributed by atoms with Crippen molar-refractivity contribution in [3.05, 3.63) is 113 Å². The van der Waals surface area contributed by atoms with Crippen molar-refractivity contribution >= 4 is 35.1 Å². The van der Waals surface area contributed by atoms with Gasteiger partial charge in [0.15, 0.2) is 5.16 Å². The molecule has 2 heterocycles. The Morgan fingerprint density at radius 2 is 1.45 bits per heavy atom. The van der Waals surface area contributed by atoms with E-state index in [1.807, 2.05) is 90.4 Å². The third-order valence-electron chi connectivity index (χ3n) is 5.98. The van der Waals surface area contributed by atoms with Gasteiger partial charge in [0, 0.05) is 17.6 Å². The van der Waals surface area contributed by atoms with Crippen LogP contribution in [0.25, 0.3) is 11.4 Å². The number of nitrogens with one attached hydrogen (secondary N) is 1. The molecule has 0 aliphatic rings. The summed E-state index contributed by atoms with van der Waals surface area (Å²) in [5.74, 6) is 1.21. The molecule has 5 rings (SSSR count). The Morgan fingerprint density at radius 1 is 0.842 bits per heavy atom. The topological polar surface area (TPSA) is 86.7 Å². The summed E-state index contributed by atoms with van der Waals surface area (Å²) in [6, 6.07) is 29.3. The normalized spacial score (nSPS) is 11.0. The zero-order chi connectivity index (χ0) is 26.5. The van der Waals surface area contributed by atoms with Gasteiger partial charge in [0.05, 0.1) is 22.9 Å². The van der Waals surface area contributed by atoms with Gasteiger partial charge >= 0.3 is 0 Å². The van der Waals surface area contributed by atoms with E-state index in [2.05, 4.69) is 27.6 Å². The average Bonchev–Trinajstić information content (AvgIpc) is 3.46. The Balaban J connectivity index is 1.33. The summed E-state index contributed by atoms with van der Waals surface area (Å²) in [5, 5.41) is 12.2. The first-order valence-corrected chi connectivity index (χ1v) is 13.9. The van der Waals surface area contributed by atoms with Crippen LogP contribution >= 0.6 is 23.5 Å². The van der Waals surface area contributed by atoms with Gasteiger partial charge in [-0.05, 0) is 43.3 Å². The minimum Gasteiger partial charge on any atom is -0.319 e. The third kappa shape index (κ3) is 5.46. The van der Waals surface area contributed by atoms with Gasteiger partial charge in [-0.1, -0.05) is 66.4 Å². The smallest absolute Gasteiger partial charge is 0.295 e. The molecule has 2 aromatic heterocycles. The summed E-state index contributed by atoms with van der Waals surface area (Å²) >= 11 is 2.96. The second-order valence-corrected chi connectivity index (χ2v) is 10.4. The van der Waals surface area contributed by atoms with Gasteiger partial charge in [-0.2, -0.15) is 0 Å². The number of para-hydroxylation sites is 2. The summed E-state index contributed by atoms with van der Waals surface area (Å²) in [4.78, 5) is 27.2. The molecule has 5 aromatic rings. The van der Waals surface area contributed by atoms with Gasteiger partial charge < -0.3 is 5.32 Å². The Kier molecular flexibility index (Phi) is 7.81. The molecule has 192 valence electrons. The number of hydrogen-bond donors (Lipinski definition) is 1. The monoisotopic (exact) mass is 542 g/mol. The van der Waals surface area contributed by atoms with Crippen LogP contribution in [0.4, 0.5) is 5.69 Å². The second kappa shape index (κ2) is 11.6. The molecular weight excluding hydrogens is 516 g/mol. The van der Waals surface area contributed by atoms with Crippen molar-refractivity contribution < 1.29 is 4.79 Å². The lowest BCUT2D eigenvalue weighted by Gasteiger charge is -2.10. The first kappa shape index (κ1) is 25.6. The maximum absolute atomic E-state index is 13.1. The van der Waals surface area contributed by atoms with E-state index in [0.717, 1.165) is 22.1 Å². The van der Waals surface area contributed by atoms with Crippen LogP contribution in [0.2, 0.25) is 0 Å². The molecule has 0 aliphatic heterocycles. The Bertz CT molecular complexity index is 1600. The molecule has 0 bridgehead atoms. The predicted molar refractivity (Wildman–Crippen MR) is 152 cm³/mol. The van der Waals surface area contributed by atoms with E-state index in [1.54, 1.807) is 28.2 Å². The summed E-state index contributed by atoms with van der Waals surface area (Å²) < 4.78 is 5.26. The molecule has 3 aromatic carbocycles. The van der Waals surface area contributed by atoms with Crippen LogP contribution in [-0.4, -0.2) is 35.8 Å². The molecule has 0 saturated carbocycles. The number of amides is 1. The number of rotatable bonds is 9. The molecule has 0 atom stereocenters. The molecule has 0 radical (unpaired) electrons. The number of thioether (sulfide) groups is 2. The molecule has 0 spiro atoms.